The van der Waals surface area contributed by atoms with Gasteiger partial charge >= 0.3 is 35.8 Å². The predicted octanol–water partition coefficient (Wildman–Crippen LogP) is 5.91. The number of carbonyl (C=O) groups excluding carboxylic acids is 9. The van der Waals surface area contributed by atoms with Crippen molar-refractivity contribution in [2.24, 2.45) is 5.73 Å². The molecule has 1 aromatic carbocycles. The quantitative estimate of drug-likeness (QED) is 0.0983. The zero-order chi connectivity index (χ0) is 52.4. The Bertz CT molecular complexity index is 1720. The molecule has 3 amide bonds. The highest BCUT2D eigenvalue weighted by atomic mass is 16.6. The number of benzene rings is 1. The third-order valence-electron chi connectivity index (χ3n) is 8.10. The summed E-state index contributed by atoms with van der Waals surface area (Å²) in [5, 5.41) is 7.80. The number of hydrogen-bond acceptors (Lipinski definition) is 16. The lowest BCUT2D eigenvalue weighted by Crippen LogP contribution is -2.54. The summed E-state index contributed by atoms with van der Waals surface area (Å²) < 4.78 is 33.4. The van der Waals surface area contributed by atoms with Gasteiger partial charge in [0.2, 0.25) is 5.91 Å². The highest BCUT2D eigenvalue weighted by Crippen LogP contribution is 2.31. The Morgan fingerprint density at radius 1 is 0.388 bits per heavy atom. The van der Waals surface area contributed by atoms with Crippen molar-refractivity contribution in [1.82, 2.24) is 10.6 Å². The number of nitrogens with one attached hydrogen (secondary N) is 3. The van der Waals surface area contributed by atoms with Gasteiger partial charge in [-0.05, 0) is 143 Å². The van der Waals surface area contributed by atoms with Crippen LogP contribution >= 0.6 is 0 Å². The van der Waals surface area contributed by atoms with Crippen molar-refractivity contribution < 1.29 is 71.6 Å². The number of anilines is 1. The van der Waals surface area contributed by atoms with E-state index in [1.165, 1.54) is 0 Å². The SMILES string of the molecule is CC(C)(C)OC(=O)CC(CC(=O)OC(C)(C)C)(CC(=O)OC(C)(C)C)NC(=O)c1cc(NC(=O)CN)cc(C(=O)NC(CC(=O)OC(C)(C)C)(CC(=O)OC(C)(C)C)CC(=O)OC(C)(C)C)c1. The molecular weight excluding hydrogens is 873 g/mol. The van der Waals surface area contributed by atoms with Crippen molar-refractivity contribution in [3.05, 3.63) is 29.3 Å². The van der Waals surface area contributed by atoms with Crippen LogP contribution in [0.3, 0.4) is 0 Å². The average molecular weight is 949 g/mol. The van der Waals surface area contributed by atoms with E-state index in [4.69, 9.17) is 34.2 Å². The Kier molecular flexibility index (Phi) is 19.9. The van der Waals surface area contributed by atoms with Crippen LogP contribution in [-0.4, -0.2) is 105 Å². The summed E-state index contributed by atoms with van der Waals surface area (Å²) in [6.07, 6.45) is -4.45. The van der Waals surface area contributed by atoms with Gasteiger partial charge in [0.05, 0.1) is 56.1 Å². The van der Waals surface area contributed by atoms with Crippen LogP contribution in [0.2, 0.25) is 0 Å². The summed E-state index contributed by atoms with van der Waals surface area (Å²) in [6.45, 7) is 28.3. The van der Waals surface area contributed by atoms with Crippen molar-refractivity contribution in [2.75, 3.05) is 11.9 Å². The maximum atomic E-state index is 14.6. The first-order chi connectivity index (χ1) is 29.9. The van der Waals surface area contributed by atoms with E-state index in [9.17, 15) is 43.2 Å². The van der Waals surface area contributed by atoms with Crippen molar-refractivity contribution in [2.45, 2.75) is 208 Å². The van der Waals surface area contributed by atoms with Gasteiger partial charge in [-0.3, -0.25) is 43.2 Å². The summed E-state index contributed by atoms with van der Waals surface area (Å²) in [5.74, 6) is -8.28. The van der Waals surface area contributed by atoms with E-state index in [2.05, 4.69) is 16.0 Å². The zero-order valence-corrected chi connectivity index (χ0v) is 42.9. The van der Waals surface area contributed by atoms with E-state index in [1.807, 2.05) is 0 Å². The number of ether oxygens (including phenoxy) is 6. The number of carbonyl (C=O) groups is 9. The van der Waals surface area contributed by atoms with E-state index >= 15 is 0 Å². The first-order valence-corrected chi connectivity index (χ1v) is 22.0. The highest BCUT2D eigenvalue weighted by Gasteiger charge is 2.45. The largest absolute Gasteiger partial charge is 0.460 e. The third-order valence-corrected chi connectivity index (χ3v) is 8.10. The standard InChI is InChI=1S/C48H76N4O15/c1-41(2,3)62-33(54)22-47(23-34(55)63-42(4,5)6,24-35(56)64-43(7,8)9)51-39(60)29-19-30(21-31(20-29)50-32(53)28-49)40(61)52-48(25-36(57)65-44(10,11)12,26-37(58)66-45(13,14)15)27-38(59)67-46(16,17)18/h19-21H,22-28,49H2,1-18H3,(H,50,53)(H,51,60)(H,52,61). The second-order valence-electron chi connectivity index (χ2n) is 22.6. The number of hydrogen-bond donors (Lipinski definition) is 4. The summed E-state index contributed by atoms with van der Waals surface area (Å²) in [7, 11) is 0. The fraction of sp³-hybridized carbons (Fsp3) is 0.688. The second kappa shape index (κ2) is 22.5. The van der Waals surface area contributed by atoms with Gasteiger partial charge in [0.25, 0.3) is 11.8 Å². The molecule has 1 aromatic rings. The summed E-state index contributed by atoms with van der Waals surface area (Å²) in [5.41, 5.74) is -5.64. The molecule has 0 saturated heterocycles. The van der Waals surface area contributed by atoms with Crippen LogP contribution in [-0.2, 0) is 62.0 Å². The molecule has 0 aromatic heterocycles. The normalized spacial score (nSPS) is 12.8. The van der Waals surface area contributed by atoms with Crippen LogP contribution < -0.4 is 21.7 Å². The summed E-state index contributed by atoms with van der Waals surface area (Å²) in [4.78, 5) is 123. The Morgan fingerprint density at radius 2 is 0.597 bits per heavy atom. The van der Waals surface area contributed by atoms with E-state index in [0.29, 0.717) is 0 Å². The Labute approximate surface area is 395 Å². The monoisotopic (exact) mass is 949 g/mol. The van der Waals surface area contributed by atoms with Crippen molar-refractivity contribution in [3.63, 3.8) is 0 Å². The van der Waals surface area contributed by atoms with Gasteiger partial charge in [0.15, 0.2) is 0 Å². The number of nitrogens with two attached hydrogens (primary N) is 1. The van der Waals surface area contributed by atoms with Gasteiger partial charge in [-0.2, -0.15) is 0 Å². The van der Waals surface area contributed by atoms with Crippen LogP contribution in [0.4, 0.5) is 5.69 Å². The van der Waals surface area contributed by atoms with Gasteiger partial charge in [-0.25, -0.2) is 0 Å². The van der Waals surface area contributed by atoms with Crippen molar-refractivity contribution in [3.8, 4) is 0 Å². The molecule has 5 N–H and O–H groups in total. The molecule has 0 atom stereocenters. The summed E-state index contributed by atoms with van der Waals surface area (Å²) >= 11 is 0. The lowest BCUT2D eigenvalue weighted by Gasteiger charge is -2.35. The van der Waals surface area contributed by atoms with E-state index in [-0.39, 0.29) is 16.8 Å². The summed E-state index contributed by atoms with van der Waals surface area (Å²) in [6, 6.07) is 3.39. The van der Waals surface area contributed by atoms with Crippen LogP contribution in [0.25, 0.3) is 0 Å². The van der Waals surface area contributed by atoms with Gasteiger partial charge in [0.1, 0.15) is 33.6 Å². The molecule has 0 fully saturated rings. The molecule has 0 saturated carbocycles. The molecule has 0 aliphatic carbocycles. The lowest BCUT2D eigenvalue weighted by atomic mass is 9.86. The molecule has 0 spiro atoms. The fourth-order valence-electron chi connectivity index (χ4n) is 6.36. The third kappa shape index (κ3) is 25.2. The van der Waals surface area contributed by atoms with Crippen LogP contribution in [0.5, 0.6) is 0 Å². The van der Waals surface area contributed by atoms with Crippen LogP contribution in [0.15, 0.2) is 18.2 Å². The molecule has 0 bridgehead atoms. The maximum Gasteiger partial charge on any atom is 0.308 e. The average Bonchev–Trinajstić information content (AvgIpc) is 3.02. The first-order valence-electron chi connectivity index (χ1n) is 22.0. The first kappa shape index (κ1) is 59.4. The van der Waals surface area contributed by atoms with E-state index in [1.54, 1.807) is 125 Å². The molecule has 0 aliphatic rings. The Morgan fingerprint density at radius 3 is 0.776 bits per heavy atom. The molecule has 378 valence electrons. The van der Waals surface area contributed by atoms with Crippen molar-refractivity contribution in [1.29, 1.82) is 0 Å². The van der Waals surface area contributed by atoms with E-state index < -0.39 is 143 Å². The van der Waals surface area contributed by atoms with Gasteiger partial charge in [0, 0.05) is 16.8 Å². The van der Waals surface area contributed by atoms with Gasteiger partial charge < -0.3 is 50.1 Å². The molecule has 67 heavy (non-hydrogen) atoms. The molecule has 0 unspecified atom stereocenters. The molecule has 0 heterocycles. The maximum absolute atomic E-state index is 14.6. The number of esters is 6. The topological polar surface area (TPSA) is 271 Å². The molecule has 0 radical (unpaired) electrons. The minimum absolute atomic E-state index is 0.151. The lowest BCUT2D eigenvalue weighted by molar-refractivity contribution is -0.166. The minimum atomic E-state index is -2.08. The Balaban J connectivity index is 4.25. The zero-order valence-electron chi connectivity index (χ0n) is 42.9. The smallest absolute Gasteiger partial charge is 0.308 e. The van der Waals surface area contributed by atoms with Crippen LogP contribution in [0, 0.1) is 0 Å². The van der Waals surface area contributed by atoms with E-state index in [0.717, 1.165) is 18.2 Å². The fourth-order valence-corrected chi connectivity index (χ4v) is 6.36. The molecule has 19 nitrogen and oxygen atoms in total. The van der Waals surface area contributed by atoms with Crippen LogP contribution in [0.1, 0.15) is 184 Å². The Hall–Kier alpha value is -5.59. The number of rotatable bonds is 18. The predicted molar refractivity (Wildman–Crippen MR) is 247 cm³/mol. The molecule has 19 heteroatoms. The molecule has 1 rings (SSSR count). The van der Waals surface area contributed by atoms with Crippen molar-refractivity contribution >= 4 is 59.2 Å². The number of amides is 3. The second-order valence-corrected chi connectivity index (χ2v) is 22.6. The molecular formula is C48H76N4O15. The minimum Gasteiger partial charge on any atom is -0.460 e. The van der Waals surface area contributed by atoms with Gasteiger partial charge in [-0.15, -0.1) is 0 Å². The van der Waals surface area contributed by atoms with Gasteiger partial charge in [-0.1, -0.05) is 0 Å². The highest BCUT2D eigenvalue weighted by molar-refractivity contribution is 6.04. The molecule has 0 aliphatic heterocycles.